The first-order valence-electron chi connectivity index (χ1n) is 8.52. The smallest absolute Gasteiger partial charge is 0.275 e. The SMILES string of the molecule is Cc1c(Br)cnn1CCC(=O)Nc1cc(Oc2ccc(Cl)cc2)cc([N+](=O)[O-])c1. The number of carbonyl (C=O) groups is 1. The second kappa shape index (κ2) is 9.06. The van der Waals surface area contributed by atoms with Crippen LogP contribution in [0.2, 0.25) is 5.02 Å². The molecule has 0 saturated heterocycles. The molecule has 10 heteroatoms. The van der Waals surface area contributed by atoms with Crippen LogP contribution in [0.4, 0.5) is 11.4 Å². The molecule has 0 radical (unpaired) electrons. The van der Waals surface area contributed by atoms with Crippen LogP contribution in [0.3, 0.4) is 0 Å². The summed E-state index contributed by atoms with van der Waals surface area (Å²) >= 11 is 9.22. The van der Waals surface area contributed by atoms with Crippen LogP contribution in [-0.2, 0) is 11.3 Å². The molecule has 0 fully saturated rings. The lowest BCUT2D eigenvalue weighted by Crippen LogP contribution is -2.15. The summed E-state index contributed by atoms with van der Waals surface area (Å²) in [4.78, 5) is 23.0. The quantitative estimate of drug-likeness (QED) is 0.364. The molecule has 0 atom stereocenters. The standard InChI is InChI=1S/C19H16BrClN4O4/c1-12-18(20)11-22-24(12)7-6-19(26)23-14-8-15(25(27)28)10-17(9-14)29-16-4-2-13(21)3-5-16/h2-5,8-11H,6-7H2,1H3,(H,23,26). The number of nitrogens with zero attached hydrogens (tertiary/aromatic N) is 3. The number of halogens is 2. The maximum absolute atomic E-state index is 12.3. The molecule has 0 spiro atoms. The van der Waals surface area contributed by atoms with Gasteiger partial charge in [0.1, 0.15) is 11.5 Å². The summed E-state index contributed by atoms with van der Waals surface area (Å²) in [7, 11) is 0. The first kappa shape index (κ1) is 20.8. The van der Waals surface area contributed by atoms with Gasteiger partial charge in [-0.2, -0.15) is 5.10 Å². The fourth-order valence-electron chi connectivity index (χ4n) is 2.54. The van der Waals surface area contributed by atoms with E-state index in [0.717, 1.165) is 10.2 Å². The van der Waals surface area contributed by atoms with E-state index < -0.39 is 4.92 Å². The largest absolute Gasteiger partial charge is 0.457 e. The van der Waals surface area contributed by atoms with Crippen LogP contribution in [0, 0.1) is 17.0 Å². The molecule has 1 aromatic heterocycles. The lowest BCUT2D eigenvalue weighted by atomic mass is 10.2. The van der Waals surface area contributed by atoms with Gasteiger partial charge in [-0.1, -0.05) is 11.6 Å². The third kappa shape index (κ3) is 5.55. The van der Waals surface area contributed by atoms with E-state index in [1.165, 1.54) is 18.2 Å². The molecule has 0 bridgehead atoms. The Labute approximate surface area is 179 Å². The number of nitro benzene ring substituents is 1. The summed E-state index contributed by atoms with van der Waals surface area (Å²) in [5.41, 5.74) is 0.983. The van der Waals surface area contributed by atoms with Gasteiger partial charge in [0.05, 0.1) is 33.9 Å². The van der Waals surface area contributed by atoms with Crippen molar-refractivity contribution < 1.29 is 14.5 Å². The predicted octanol–water partition coefficient (Wildman–Crippen LogP) is 5.34. The van der Waals surface area contributed by atoms with Crippen LogP contribution >= 0.6 is 27.5 Å². The van der Waals surface area contributed by atoms with Gasteiger partial charge in [0.2, 0.25) is 5.91 Å². The summed E-state index contributed by atoms with van der Waals surface area (Å²) in [6, 6.07) is 10.7. The van der Waals surface area contributed by atoms with Crippen LogP contribution < -0.4 is 10.1 Å². The molecular formula is C19H16BrClN4O4. The molecule has 0 aliphatic heterocycles. The number of anilines is 1. The van der Waals surface area contributed by atoms with Gasteiger partial charge in [0, 0.05) is 29.3 Å². The van der Waals surface area contributed by atoms with Gasteiger partial charge >= 0.3 is 0 Å². The van der Waals surface area contributed by atoms with Crippen LogP contribution in [0.25, 0.3) is 0 Å². The number of ether oxygens (including phenoxy) is 1. The normalized spacial score (nSPS) is 10.6. The van der Waals surface area contributed by atoms with Crippen LogP contribution in [0.1, 0.15) is 12.1 Å². The lowest BCUT2D eigenvalue weighted by molar-refractivity contribution is -0.384. The number of nitrogens with one attached hydrogen (secondary N) is 1. The number of hydrogen-bond donors (Lipinski definition) is 1. The zero-order chi connectivity index (χ0) is 21.0. The van der Waals surface area contributed by atoms with Crippen molar-refractivity contribution in [2.24, 2.45) is 0 Å². The molecule has 0 unspecified atom stereocenters. The van der Waals surface area contributed by atoms with Crippen LogP contribution in [-0.4, -0.2) is 20.6 Å². The highest BCUT2D eigenvalue weighted by Gasteiger charge is 2.14. The maximum Gasteiger partial charge on any atom is 0.275 e. The average molecular weight is 480 g/mol. The summed E-state index contributed by atoms with van der Waals surface area (Å²) in [6.07, 6.45) is 1.82. The minimum Gasteiger partial charge on any atom is -0.457 e. The number of rotatable bonds is 7. The molecule has 3 rings (SSSR count). The van der Waals surface area contributed by atoms with Crippen molar-refractivity contribution in [2.75, 3.05) is 5.32 Å². The summed E-state index contributed by atoms with van der Waals surface area (Å²) in [6.45, 7) is 2.27. The summed E-state index contributed by atoms with van der Waals surface area (Å²) in [5.74, 6) is 0.393. The highest BCUT2D eigenvalue weighted by molar-refractivity contribution is 9.10. The third-order valence-corrected chi connectivity index (χ3v) is 5.06. The Kier molecular flexibility index (Phi) is 6.50. The molecule has 29 heavy (non-hydrogen) atoms. The predicted molar refractivity (Wildman–Crippen MR) is 113 cm³/mol. The van der Waals surface area contributed by atoms with Crippen molar-refractivity contribution in [1.29, 1.82) is 0 Å². The number of hydrogen-bond acceptors (Lipinski definition) is 5. The highest BCUT2D eigenvalue weighted by Crippen LogP contribution is 2.30. The first-order chi connectivity index (χ1) is 13.8. The number of non-ortho nitro benzene ring substituents is 1. The Morgan fingerprint density at radius 1 is 1.28 bits per heavy atom. The molecule has 0 aliphatic carbocycles. The van der Waals surface area contributed by atoms with E-state index in [9.17, 15) is 14.9 Å². The fraction of sp³-hybridized carbons (Fsp3) is 0.158. The van der Waals surface area contributed by atoms with E-state index in [0.29, 0.717) is 17.3 Å². The topological polar surface area (TPSA) is 99.3 Å². The molecule has 1 amide bonds. The molecule has 150 valence electrons. The second-order valence-electron chi connectivity index (χ2n) is 6.13. The molecule has 1 N–H and O–H groups in total. The zero-order valence-electron chi connectivity index (χ0n) is 15.3. The Balaban J connectivity index is 1.72. The van der Waals surface area contributed by atoms with Crippen molar-refractivity contribution in [3.05, 3.63) is 74.0 Å². The van der Waals surface area contributed by atoms with Gasteiger partial charge in [-0.25, -0.2) is 0 Å². The minimum atomic E-state index is -0.547. The lowest BCUT2D eigenvalue weighted by Gasteiger charge is -2.10. The van der Waals surface area contributed by atoms with E-state index in [1.807, 2.05) is 6.92 Å². The van der Waals surface area contributed by atoms with Crippen molar-refractivity contribution >= 4 is 44.8 Å². The molecule has 2 aromatic carbocycles. The summed E-state index contributed by atoms with van der Waals surface area (Å²) < 4.78 is 8.22. The maximum atomic E-state index is 12.3. The van der Waals surface area contributed by atoms with Gasteiger partial charge in [0.15, 0.2) is 0 Å². The molecule has 1 heterocycles. The Morgan fingerprint density at radius 3 is 2.62 bits per heavy atom. The van der Waals surface area contributed by atoms with E-state index in [4.69, 9.17) is 16.3 Å². The number of carbonyl (C=O) groups excluding carboxylic acids is 1. The zero-order valence-corrected chi connectivity index (χ0v) is 17.6. The Bertz CT molecular complexity index is 1050. The number of benzene rings is 2. The monoisotopic (exact) mass is 478 g/mol. The van der Waals surface area contributed by atoms with E-state index >= 15 is 0 Å². The van der Waals surface area contributed by atoms with Crippen molar-refractivity contribution in [2.45, 2.75) is 19.9 Å². The van der Waals surface area contributed by atoms with Gasteiger partial charge in [-0.3, -0.25) is 19.6 Å². The first-order valence-corrected chi connectivity index (χ1v) is 9.69. The molecule has 0 aliphatic rings. The molecule has 3 aromatic rings. The average Bonchev–Trinajstić information content (AvgIpc) is 3.00. The second-order valence-corrected chi connectivity index (χ2v) is 7.42. The van der Waals surface area contributed by atoms with Crippen molar-refractivity contribution in [1.82, 2.24) is 9.78 Å². The third-order valence-electron chi connectivity index (χ3n) is 4.03. The summed E-state index contributed by atoms with van der Waals surface area (Å²) in [5, 5.41) is 18.6. The minimum absolute atomic E-state index is 0.158. The Morgan fingerprint density at radius 2 is 2.00 bits per heavy atom. The molecule has 0 saturated carbocycles. The van der Waals surface area contributed by atoms with Crippen LogP contribution in [0.5, 0.6) is 11.5 Å². The van der Waals surface area contributed by atoms with Gasteiger partial charge in [0.25, 0.3) is 5.69 Å². The van der Waals surface area contributed by atoms with Crippen molar-refractivity contribution in [3.63, 3.8) is 0 Å². The fourth-order valence-corrected chi connectivity index (χ4v) is 2.96. The number of aryl methyl sites for hydroxylation is 1. The van der Waals surface area contributed by atoms with Gasteiger partial charge < -0.3 is 10.1 Å². The van der Waals surface area contributed by atoms with E-state index in [1.54, 1.807) is 35.1 Å². The van der Waals surface area contributed by atoms with E-state index in [-0.39, 0.29) is 29.5 Å². The molecular weight excluding hydrogens is 464 g/mol. The van der Waals surface area contributed by atoms with Crippen LogP contribution in [0.15, 0.2) is 53.1 Å². The molecule has 8 nitrogen and oxygen atoms in total. The number of aromatic nitrogens is 2. The highest BCUT2D eigenvalue weighted by atomic mass is 79.9. The van der Waals surface area contributed by atoms with Crippen molar-refractivity contribution in [3.8, 4) is 11.5 Å². The number of amides is 1. The Hall–Kier alpha value is -2.91. The van der Waals surface area contributed by atoms with E-state index in [2.05, 4.69) is 26.3 Å². The van der Waals surface area contributed by atoms with Gasteiger partial charge in [-0.05, 0) is 47.1 Å². The number of nitro groups is 1. The van der Waals surface area contributed by atoms with Gasteiger partial charge in [-0.15, -0.1) is 0 Å².